The van der Waals surface area contributed by atoms with Gasteiger partial charge in [-0.2, -0.15) is 0 Å². The van der Waals surface area contributed by atoms with E-state index in [1.807, 2.05) is 83.7 Å². The maximum absolute atomic E-state index is 12.7. The molecule has 2 aromatic carbocycles. The Morgan fingerprint density at radius 1 is 1.09 bits per heavy atom. The summed E-state index contributed by atoms with van der Waals surface area (Å²) in [5.74, 6) is 2.32. The second kappa shape index (κ2) is 9.68. The van der Waals surface area contributed by atoms with Crippen LogP contribution >= 0.6 is 23.1 Å². The molecule has 0 saturated heterocycles. The SMILES string of the molecule is CN(Cc1cccs1)C(=O)CSc1nnc([C@H]2COc3ccccc3O2)n1-c1ccccc1. The van der Waals surface area contributed by atoms with Crippen LogP contribution in [0.2, 0.25) is 0 Å². The van der Waals surface area contributed by atoms with Gasteiger partial charge in [-0.1, -0.05) is 48.2 Å². The quantitative estimate of drug-likeness (QED) is 0.362. The van der Waals surface area contributed by atoms with E-state index in [1.165, 1.54) is 11.8 Å². The number of hydrogen-bond acceptors (Lipinski definition) is 7. The molecular weight excluding hydrogens is 456 g/mol. The van der Waals surface area contributed by atoms with Crippen LogP contribution in [-0.2, 0) is 11.3 Å². The van der Waals surface area contributed by atoms with Crippen LogP contribution in [0.5, 0.6) is 11.5 Å². The van der Waals surface area contributed by atoms with Crippen LogP contribution in [0, 0.1) is 0 Å². The second-order valence-corrected chi connectivity index (χ2v) is 9.47. The average Bonchev–Trinajstić information content (AvgIpc) is 3.52. The molecule has 0 unspecified atom stereocenters. The first-order valence-corrected chi connectivity index (χ1v) is 12.3. The molecule has 4 aromatic rings. The lowest BCUT2D eigenvalue weighted by Crippen LogP contribution is -2.27. The van der Waals surface area contributed by atoms with E-state index in [-0.39, 0.29) is 11.7 Å². The van der Waals surface area contributed by atoms with E-state index in [1.54, 1.807) is 16.2 Å². The minimum absolute atomic E-state index is 0.0312. The van der Waals surface area contributed by atoms with Crippen molar-refractivity contribution in [1.82, 2.24) is 19.7 Å². The molecule has 0 bridgehead atoms. The molecule has 1 atom stereocenters. The number of hydrogen-bond donors (Lipinski definition) is 0. The van der Waals surface area contributed by atoms with Gasteiger partial charge in [-0.25, -0.2) is 0 Å². The van der Waals surface area contributed by atoms with Crippen LogP contribution in [0.4, 0.5) is 0 Å². The monoisotopic (exact) mass is 478 g/mol. The van der Waals surface area contributed by atoms with E-state index in [9.17, 15) is 4.79 Å². The Bertz CT molecular complexity index is 1230. The highest BCUT2D eigenvalue weighted by Crippen LogP contribution is 2.36. The van der Waals surface area contributed by atoms with Crippen LogP contribution < -0.4 is 9.47 Å². The predicted octanol–water partition coefficient (Wildman–Crippen LogP) is 4.59. The summed E-state index contributed by atoms with van der Waals surface area (Å²) in [6, 6.07) is 21.5. The third-order valence-corrected chi connectivity index (χ3v) is 6.97. The average molecular weight is 479 g/mol. The van der Waals surface area contributed by atoms with Gasteiger partial charge < -0.3 is 14.4 Å². The van der Waals surface area contributed by atoms with Gasteiger partial charge in [0.25, 0.3) is 0 Å². The minimum Gasteiger partial charge on any atom is -0.485 e. The van der Waals surface area contributed by atoms with Crippen molar-refractivity contribution in [2.45, 2.75) is 17.8 Å². The third kappa shape index (κ3) is 4.74. The van der Waals surface area contributed by atoms with Crippen molar-refractivity contribution in [3.05, 3.63) is 82.8 Å². The van der Waals surface area contributed by atoms with Gasteiger partial charge in [0.1, 0.15) is 6.61 Å². The van der Waals surface area contributed by atoms with Crippen molar-refractivity contribution in [3.8, 4) is 17.2 Å². The molecule has 0 fully saturated rings. The fraction of sp³-hybridized carbons (Fsp3) is 0.208. The zero-order valence-electron chi connectivity index (χ0n) is 18.0. The first kappa shape index (κ1) is 21.5. The van der Waals surface area contributed by atoms with Crippen molar-refractivity contribution >= 4 is 29.0 Å². The third-order valence-electron chi connectivity index (χ3n) is 5.19. The molecule has 33 heavy (non-hydrogen) atoms. The molecular formula is C24H22N4O3S2. The van der Waals surface area contributed by atoms with Gasteiger partial charge >= 0.3 is 0 Å². The van der Waals surface area contributed by atoms with Crippen LogP contribution in [0.15, 0.2) is 77.3 Å². The number of nitrogens with zero attached hydrogens (tertiary/aromatic N) is 4. The molecule has 1 amide bonds. The largest absolute Gasteiger partial charge is 0.485 e. The van der Waals surface area contributed by atoms with Crippen LogP contribution in [-0.4, -0.2) is 45.0 Å². The zero-order valence-corrected chi connectivity index (χ0v) is 19.6. The molecule has 0 aliphatic carbocycles. The smallest absolute Gasteiger partial charge is 0.233 e. The molecule has 9 heteroatoms. The number of thiophene rings is 1. The Morgan fingerprint density at radius 3 is 2.67 bits per heavy atom. The van der Waals surface area contributed by atoms with Crippen molar-refractivity contribution in [2.24, 2.45) is 0 Å². The first-order valence-electron chi connectivity index (χ1n) is 10.5. The first-order chi connectivity index (χ1) is 16.2. The van der Waals surface area contributed by atoms with Gasteiger partial charge in [0.2, 0.25) is 5.91 Å². The molecule has 0 spiro atoms. The number of amides is 1. The van der Waals surface area contributed by atoms with Crippen molar-refractivity contribution < 1.29 is 14.3 Å². The summed E-state index contributed by atoms with van der Waals surface area (Å²) < 4.78 is 14.0. The van der Waals surface area contributed by atoms with Gasteiger partial charge in [0, 0.05) is 17.6 Å². The topological polar surface area (TPSA) is 69.5 Å². The van der Waals surface area contributed by atoms with Crippen LogP contribution in [0.3, 0.4) is 0 Å². The molecule has 5 rings (SSSR count). The van der Waals surface area contributed by atoms with Gasteiger partial charge in [-0.05, 0) is 35.7 Å². The van der Waals surface area contributed by atoms with Crippen LogP contribution in [0.1, 0.15) is 16.8 Å². The standard InChI is InChI=1S/C24H22N4O3S2/c1-27(14-18-10-7-13-32-18)22(29)16-33-24-26-25-23(28(24)17-8-3-2-4-9-17)21-15-30-19-11-5-6-12-20(19)31-21/h2-13,21H,14-16H2,1H3/t21-/m1/s1. The van der Waals surface area contributed by atoms with Crippen LogP contribution in [0.25, 0.3) is 5.69 Å². The Hall–Kier alpha value is -3.30. The molecule has 3 heterocycles. The number of carbonyl (C=O) groups excluding carboxylic acids is 1. The molecule has 7 nitrogen and oxygen atoms in total. The van der Waals surface area contributed by atoms with Gasteiger partial charge in [-0.3, -0.25) is 9.36 Å². The van der Waals surface area contributed by atoms with E-state index >= 15 is 0 Å². The number of benzene rings is 2. The summed E-state index contributed by atoms with van der Waals surface area (Å²) in [4.78, 5) is 15.6. The molecule has 168 valence electrons. The molecule has 1 aliphatic rings. The highest BCUT2D eigenvalue weighted by molar-refractivity contribution is 7.99. The van der Waals surface area contributed by atoms with Crippen molar-refractivity contribution in [1.29, 1.82) is 0 Å². The lowest BCUT2D eigenvalue weighted by molar-refractivity contribution is -0.127. The zero-order chi connectivity index (χ0) is 22.6. The van der Waals surface area contributed by atoms with E-state index < -0.39 is 6.10 Å². The van der Waals surface area contributed by atoms with Gasteiger partial charge in [0.15, 0.2) is 28.6 Å². The maximum atomic E-state index is 12.7. The van der Waals surface area contributed by atoms with Gasteiger partial charge in [-0.15, -0.1) is 21.5 Å². The van der Waals surface area contributed by atoms with Crippen molar-refractivity contribution in [2.75, 3.05) is 19.4 Å². The summed E-state index contributed by atoms with van der Waals surface area (Å²) in [6.07, 6.45) is -0.417. The number of aromatic nitrogens is 3. The van der Waals surface area contributed by atoms with E-state index in [2.05, 4.69) is 10.2 Å². The Morgan fingerprint density at radius 2 is 1.88 bits per heavy atom. The second-order valence-electron chi connectivity index (χ2n) is 7.49. The minimum atomic E-state index is -0.417. The van der Waals surface area contributed by atoms with E-state index in [0.29, 0.717) is 35.6 Å². The highest BCUT2D eigenvalue weighted by atomic mass is 32.2. The molecule has 0 radical (unpaired) electrons. The summed E-state index contributed by atoms with van der Waals surface area (Å²) in [5.41, 5.74) is 0.904. The van der Waals surface area contributed by atoms with Crippen molar-refractivity contribution in [3.63, 3.8) is 0 Å². The fourth-order valence-corrected chi connectivity index (χ4v) is 5.17. The van der Waals surface area contributed by atoms with E-state index in [4.69, 9.17) is 9.47 Å². The Balaban J connectivity index is 1.37. The Kier molecular flexibility index (Phi) is 6.32. The fourth-order valence-electron chi connectivity index (χ4n) is 3.51. The normalized spacial score (nSPS) is 14.8. The maximum Gasteiger partial charge on any atom is 0.233 e. The number of thioether (sulfide) groups is 1. The summed E-state index contributed by atoms with van der Waals surface area (Å²) in [5, 5.41) is 11.5. The number of carbonyl (C=O) groups is 1. The lowest BCUT2D eigenvalue weighted by Gasteiger charge is -2.26. The highest BCUT2D eigenvalue weighted by Gasteiger charge is 2.29. The summed E-state index contributed by atoms with van der Waals surface area (Å²) in [7, 11) is 1.82. The molecule has 0 saturated carbocycles. The summed E-state index contributed by atoms with van der Waals surface area (Å²) in [6.45, 7) is 0.926. The van der Waals surface area contributed by atoms with E-state index in [0.717, 1.165) is 10.6 Å². The molecule has 1 aliphatic heterocycles. The number of rotatable bonds is 7. The number of ether oxygens (including phenoxy) is 2. The number of para-hydroxylation sites is 3. The Labute approximate surface area is 200 Å². The molecule has 0 N–H and O–H groups in total. The summed E-state index contributed by atoms with van der Waals surface area (Å²) >= 11 is 3.01. The number of fused-ring (bicyclic) bond motifs is 1. The van der Waals surface area contributed by atoms with Gasteiger partial charge in [0.05, 0.1) is 12.3 Å². The predicted molar refractivity (Wildman–Crippen MR) is 128 cm³/mol. The lowest BCUT2D eigenvalue weighted by atomic mass is 10.2. The molecule has 2 aromatic heterocycles.